The van der Waals surface area contributed by atoms with Gasteiger partial charge < -0.3 is 5.32 Å². The molecule has 0 radical (unpaired) electrons. The predicted molar refractivity (Wildman–Crippen MR) is 68.5 cm³/mol. The third-order valence-electron chi connectivity index (χ3n) is 3.42. The van der Waals surface area contributed by atoms with E-state index in [2.05, 4.69) is 35.8 Å². The van der Waals surface area contributed by atoms with Gasteiger partial charge in [0.2, 0.25) is 0 Å². The van der Waals surface area contributed by atoms with Crippen molar-refractivity contribution in [2.75, 3.05) is 38.5 Å². The molecule has 15 heavy (non-hydrogen) atoms. The van der Waals surface area contributed by atoms with Crippen molar-refractivity contribution in [1.29, 1.82) is 0 Å². The summed E-state index contributed by atoms with van der Waals surface area (Å²) in [6, 6.07) is 0. The van der Waals surface area contributed by atoms with Crippen molar-refractivity contribution in [3.05, 3.63) is 11.1 Å². The maximum atomic E-state index is 3.32. The highest BCUT2D eigenvalue weighted by molar-refractivity contribution is 8.00. The van der Waals surface area contributed by atoms with Crippen molar-refractivity contribution in [1.82, 2.24) is 10.2 Å². The smallest absolute Gasteiger partial charge is 0.0194 e. The lowest BCUT2D eigenvalue weighted by molar-refractivity contribution is 0.302. The first-order chi connectivity index (χ1) is 7.29. The first kappa shape index (κ1) is 11.5. The molecule has 2 nitrogen and oxygen atoms in total. The van der Waals surface area contributed by atoms with Crippen LogP contribution in [-0.4, -0.2) is 48.6 Å². The van der Waals surface area contributed by atoms with Crippen LogP contribution < -0.4 is 5.32 Å². The molecule has 0 spiro atoms. The van der Waals surface area contributed by atoms with Gasteiger partial charge in [-0.2, -0.15) is 11.8 Å². The monoisotopic (exact) mass is 226 g/mol. The summed E-state index contributed by atoms with van der Waals surface area (Å²) in [5.41, 5.74) is 3.25. The molecule has 1 unspecified atom stereocenters. The molecule has 0 aromatic rings. The summed E-state index contributed by atoms with van der Waals surface area (Å²) in [4.78, 5) is 2.63. The lowest BCUT2D eigenvalue weighted by Gasteiger charge is -2.33. The number of nitrogens with zero attached hydrogens (tertiary/aromatic N) is 1. The van der Waals surface area contributed by atoms with Crippen LogP contribution in [0, 0.1) is 0 Å². The molecular formula is C12H22N2S. The summed E-state index contributed by atoms with van der Waals surface area (Å²) < 4.78 is 0. The van der Waals surface area contributed by atoms with Crippen LogP contribution in [0.2, 0.25) is 0 Å². The van der Waals surface area contributed by atoms with Gasteiger partial charge in [0.25, 0.3) is 0 Å². The van der Waals surface area contributed by atoms with Crippen LogP contribution in [-0.2, 0) is 0 Å². The van der Waals surface area contributed by atoms with Gasteiger partial charge in [-0.05, 0) is 18.9 Å². The maximum absolute atomic E-state index is 3.32. The zero-order valence-corrected chi connectivity index (χ0v) is 10.7. The van der Waals surface area contributed by atoms with Crippen molar-refractivity contribution in [3.63, 3.8) is 0 Å². The van der Waals surface area contributed by atoms with E-state index in [1.54, 1.807) is 11.1 Å². The topological polar surface area (TPSA) is 15.3 Å². The second kappa shape index (κ2) is 5.37. The Morgan fingerprint density at radius 1 is 1.53 bits per heavy atom. The fraction of sp³-hybridized carbons (Fsp3) is 0.833. The van der Waals surface area contributed by atoms with E-state index in [0.717, 1.165) is 18.3 Å². The Hall–Kier alpha value is 0.01000. The fourth-order valence-electron chi connectivity index (χ4n) is 2.17. The zero-order valence-electron chi connectivity index (χ0n) is 9.88. The Kier molecular flexibility index (Phi) is 4.12. The molecule has 86 valence electrons. The first-order valence-electron chi connectivity index (χ1n) is 6.01. The molecule has 2 rings (SSSR count). The Balaban J connectivity index is 1.83. The molecule has 0 aromatic heterocycles. The highest BCUT2D eigenvalue weighted by Crippen LogP contribution is 2.22. The minimum atomic E-state index is 0.871. The zero-order chi connectivity index (χ0) is 10.7. The maximum Gasteiger partial charge on any atom is 0.0194 e. The van der Waals surface area contributed by atoms with E-state index in [1.807, 2.05) is 0 Å². The standard InChI is InChI=1S/C12H22N2S/c1-3-12-9-14(4-5-15-12)8-10(2)11-6-13-7-11/h12-13H,3-9H2,1-2H3. The van der Waals surface area contributed by atoms with Crippen molar-refractivity contribution < 1.29 is 0 Å². The first-order valence-corrected chi connectivity index (χ1v) is 7.06. The molecule has 0 aromatic carbocycles. The normalized spacial score (nSPS) is 27.6. The molecule has 2 saturated heterocycles. The molecule has 2 heterocycles. The van der Waals surface area contributed by atoms with Gasteiger partial charge in [0.1, 0.15) is 0 Å². The third kappa shape index (κ3) is 2.99. The average molecular weight is 226 g/mol. The third-order valence-corrected chi connectivity index (χ3v) is 4.79. The molecule has 0 aliphatic carbocycles. The van der Waals surface area contributed by atoms with Crippen LogP contribution >= 0.6 is 11.8 Å². The van der Waals surface area contributed by atoms with Crippen LogP contribution in [0.15, 0.2) is 11.1 Å². The van der Waals surface area contributed by atoms with Crippen LogP contribution in [0.4, 0.5) is 0 Å². The fourth-order valence-corrected chi connectivity index (χ4v) is 3.42. The minimum absolute atomic E-state index is 0.871. The molecule has 3 heteroatoms. The molecule has 1 N–H and O–H groups in total. The van der Waals surface area contributed by atoms with Crippen LogP contribution in [0.5, 0.6) is 0 Å². The van der Waals surface area contributed by atoms with Gasteiger partial charge in [0, 0.05) is 43.7 Å². The SMILES string of the molecule is CCC1CN(CC(C)=C2CNC2)CCS1. The van der Waals surface area contributed by atoms with Crippen molar-refractivity contribution in [2.24, 2.45) is 0 Å². The summed E-state index contributed by atoms with van der Waals surface area (Å²) >= 11 is 2.15. The summed E-state index contributed by atoms with van der Waals surface area (Å²) in [5, 5.41) is 4.19. The van der Waals surface area contributed by atoms with Gasteiger partial charge in [-0.15, -0.1) is 0 Å². The minimum Gasteiger partial charge on any atom is -0.309 e. The van der Waals surface area contributed by atoms with Gasteiger partial charge in [0.15, 0.2) is 0 Å². The number of rotatable bonds is 3. The van der Waals surface area contributed by atoms with Gasteiger partial charge in [0.05, 0.1) is 0 Å². The summed E-state index contributed by atoms with van der Waals surface area (Å²) in [6.07, 6.45) is 1.32. The van der Waals surface area contributed by atoms with E-state index in [4.69, 9.17) is 0 Å². The van der Waals surface area contributed by atoms with Crippen molar-refractivity contribution in [3.8, 4) is 0 Å². The molecule has 2 aliphatic rings. The van der Waals surface area contributed by atoms with Crippen molar-refractivity contribution >= 4 is 11.8 Å². The van der Waals surface area contributed by atoms with Crippen LogP contribution in [0.3, 0.4) is 0 Å². The summed E-state index contributed by atoms with van der Waals surface area (Å²) in [5.74, 6) is 1.32. The summed E-state index contributed by atoms with van der Waals surface area (Å²) in [6.45, 7) is 10.6. The van der Waals surface area contributed by atoms with Gasteiger partial charge in [-0.25, -0.2) is 0 Å². The van der Waals surface area contributed by atoms with E-state index >= 15 is 0 Å². The largest absolute Gasteiger partial charge is 0.309 e. The summed E-state index contributed by atoms with van der Waals surface area (Å²) in [7, 11) is 0. The molecule has 2 aliphatic heterocycles. The number of nitrogens with one attached hydrogen (secondary N) is 1. The Labute approximate surface area is 97.5 Å². The van der Waals surface area contributed by atoms with E-state index in [0.29, 0.717) is 0 Å². The highest BCUT2D eigenvalue weighted by atomic mass is 32.2. The van der Waals surface area contributed by atoms with E-state index in [-0.39, 0.29) is 0 Å². The number of hydrogen-bond acceptors (Lipinski definition) is 3. The van der Waals surface area contributed by atoms with E-state index in [1.165, 1.54) is 31.8 Å². The molecule has 0 bridgehead atoms. The second-order valence-electron chi connectivity index (χ2n) is 4.62. The second-order valence-corrected chi connectivity index (χ2v) is 6.03. The van der Waals surface area contributed by atoms with E-state index in [9.17, 15) is 0 Å². The predicted octanol–water partition coefficient (Wildman–Crippen LogP) is 1.73. The Bertz CT molecular complexity index is 244. The number of hydrogen-bond donors (Lipinski definition) is 1. The molecular weight excluding hydrogens is 204 g/mol. The molecule has 2 fully saturated rings. The van der Waals surface area contributed by atoms with Gasteiger partial charge >= 0.3 is 0 Å². The average Bonchev–Trinajstić information content (AvgIpc) is 2.15. The highest BCUT2D eigenvalue weighted by Gasteiger charge is 2.20. The van der Waals surface area contributed by atoms with Crippen LogP contribution in [0.25, 0.3) is 0 Å². The van der Waals surface area contributed by atoms with Crippen LogP contribution in [0.1, 0.15) is 20.3 Å². The lowest BCUT2D eigenvalue weighted by atomic mass is 10.0. The Morgan fingerprint density at radius 2 is 2.33 bits per heavy atom. The van der Waals surface area contributed by atoms with Gasteiger partial charge in [-0.1, -0.05) is 12.5 Å². The van der Waals surface area contributed by atoms with Gasteiger partial charge in [-0.3, -0.25) is 4.90 Å². The molecule has 0 saturated carbocycles. The Morgan fingerprint density at radius 3 is 2.93 bits per heavy atom. The van der Waals surface area contributed by atoms with E-state index < -0.39 is 0 Å². The molecule has 1 atom stereocenters. The number of thioether (sulfide) groups is 1. The lowest BCUT2D eigenvalue weighted by Crippen LogP contribution is -2.41. The quantitative estimate of drug-likeness (QED) is 0.738. The molecule has 0 amide bonds. The van der Waals surface area contributed by atoms with Crippen molar-refractivity contribution in [2.45, 2.75) is 25.5 Å².